The number of rotatable bonds is 10. The summed E-state index contributed by atoms with van der Waals surface area (Å²) in [6.45, 7) is 9.91. The number of carbonyl (C=O) groups excluding carboxylic acids is 4. The predicted molar refractivity (Wildman–Crippen MR) is 213 cm³/mol. The molecule has 19 nitrogen and oxygen atoms in total. The van der Waals surface area contributed by atoms with Gasteiger partial charge in [0.2, 0.25) is 0 Å². The van der Waals surface area contributed by atoms with Crippen LogP contribution in [0.3, 0.4) is 0 Å². The number of carbonyl (C=O) groups is 5. The Bertz CT molecular complexity index is 2100. The van der Waals surface area contributed by atoms with Gasteiger partial charge in [-0.1, -0.05) is 54.6 Å². The van der Waals surface area contributed by atoms with Crippen molar-refractivity contribution >= 4 is 64.9 Å². The van der Waals surface area contributed by atoms with Crippen LogP contribution in [0.4, 0.5) is 32.3 Å². The number of amides is 2. The van der Waals surface area contributed by atoms with Gasteiger partial charge in [-0.25, -0.2) is 19.2 Å². The molecule has 0 bridgehead atoms. The van der Waals surface area contributed by atoms with E-state index in [1.165, 1.54) is 48.5 Å². The van der Waals surface area contributed by atoms with E-state index in [0.29, 0.717) is 5.56 Å². The van der Waals surface area contributed by atoms with E-state index in [-0.39, 0.29) is 238 Å². The van der Waals surface area contributed by atoms with Crippen molar-refractivity contribution < 1.29 is 243 Å². The molecule has 63 heavy (non-hydrogen) atoms. The quantitative estimate of drug-likeness (QED) is 0.0157. The van der Waals surface area contributed by atoms with Gasteiger partial charge in [0.25, 0.3) is 17.8 Å². The molecule has 0 saturated heterocycles. The van der Waals surface area contributed by atoms with Crippen LogP contribution < -0.4 is 194 Å². The van der Waals surface area contributed by atoms with Crippen LogP contribution in [0, 0.1) is 20.2 Å². The van der Waals surface area contributed by atoms with Gasteiger partial charge in [-0.15, -0.1) is 11.6 Å². The number of carboxylic acid groups (broad SMARTS) is 1. The summed E-state index contributed by atoms with van der Waals surface area (Å²) in [6, 6.07) is 24.8. The minimum Gasteiger partial charge on any atom is -1.00 e. The molecule has 0 radical (unpaired) electrons. The minimum atomic E-state index is -1.10. The number of anilines is 2. The van der Waals surface area contributed by atoms with Crippen LogP contribution in [0.25, 0.3) is 0 Å². The van der Waals surface area contributed by atoms with E-state index in [9.17, 15) is 39.4 Å². The number of carboxylic acids is 1. The molecule has 2 amide bonds. The van der Waals surface area contributed by atoms with Crippen molar-refractivity contribution in [2.24, 2.45) is 0 Å². The maximum atomic E-state index is 12.4. The molecule has 0 aliphatic heterocycles. The van der Waals surface area contributed by atoms with E-state index in [4.69, 9.17) is 41.0 Å². The number of alkyl halides is 1. The topological polar surface area (TPSA) is 276 Å². The number of para-hydroxylation sites is 4. The van der Waals surface area contributed by atoms with Crippen molar-refractivity contribution in [3.63, 3.8) is 0 Å². The molecule has 4 aromatic rings. The number of halogens is 2. The summed E-state index contributed by atoms with van der Waals surface area (Å²) in [7, 11) is 0. The average molecular weight is 1090 g/mol. The number of benzene rings is 4. The number of ether oxygens (including phenoxy) is 3. The number of hydrogen-bond donors (Lipinski definition) is 3. The number of hydrogen-bond acceptors (Lipinski definition) is 14. The fourth-order valence-electron chi connectivity index (χ4n) is 4.21. The van der Waals surface area contributed by atoms with E-state index >= 15 is 0 Å². The Hall–Kier alpha value is -1.48. The zero-order valence-electron chi connectivity index (χ0n) is 37.0. The van der Waals surface area contributed by atoms with Crippen molar-refractivity contribution in [2.75, 3.05) is 10.6 Å². The Labute approximate surface area is 514 Å². The Morgan fingerprint density at radius 2 is 1.03 bits per heavy atom. The molecule has 0 aliphatic carbocycles. The van der Waals surface area contributed by atoms with Gasteiger partial charge in [0.15, 0.2) is 0 Å². The molecule has 0 spiro atoms. The summed E-state index contributed by atoms with van der Waals surface area (Å²) in [6.07, 6.45) is -1.38. The standard InChI is InChI=1S/C19H20N2O6.C12H15NO4.C7H6ClNO2.CH2O3.HI.3K.H/c1-19(2,3)27-18(23)20-15-10-6-5-9-14(15)17(22)26-12-13-8-4-7-11-16(13)21(24)25;1-12(2,3)17-11(16)13-9-7-5-4-6-8(9)10(14)15;8-5-6-3-1-2-4-7(6)9(10)11;2-1-4-3;;;;;/h4-11H,12H2,1-3H3,(H,20,23);4-7H,1-3H3,(H,13,16)(H,14,15);1-4H,5H2;1,3H;1H;;;;/q;;;;;3*+1;-1/p-2. The van der Waals surface area contributed by atoms with Crippen molar-refractivity contribution in [2.45, 2.75) is 65.2 Å². The molecule has 0 unspecified atom stereocenters. The smallest absolute Gasteiger partial charge is 1.00 e. The van der Waals surface area contributed by atoms with Crippen LogP contribution >= 0.6 is 11.6 Å². The molecule has 3 N–H and O–H groups in total. The minimum absolute atomic E-state index is 0. The largest absolute Gasteiger partial charge is 1.00 e. The first-order chi connectivity index (χ1) is 27.6. The molecule has 326 valence electrons. The van der Waals surface area contributed by atoms with Gasteiger partial charge in [-0.3, -0.25) is 35.7 Å². The second-order valence-electron chi connectivity index (χ2n) is 13.3. The van der Waals surface area contributed by atoms with Gasteiger partial charge in [-0.05, 0) is 71.9 Å². The van der Waals surface area contributed by atoms with Gasteiger partial charge in [0.1, 0.15) is 17.8 Å². The Morgan fingerprint density at radius 1 is 0.683 bits per heavy atom. The average Bonchev–Trinajstić information content (AvgIpc) is 3.16. The molecular formula is C39H43ClIK3N4O15. The summed E-state index contributed by atoms with van der Waals surface area (Å²) >= 11 is 5.47. The summed E-state index contributed by atoms with van der Waals surface area (Å²) < 4.78 is 15.4. The third-order valence-electron chi connectivity index (χ3n) is 6.49. The van der Waals surface area contributed by atoms with Crippen LogP contribution in [-0.2, 0) is 36.4 Å². The second-order valence-corrected chi connectivity index (χ2v) is 13.6. The summed E-state index contributed by atoms with van der Waals surface area (Å²) in [5, 5.41) is 43.6. The molecule has 0 fully saturated rings. The summed E-state index contributed by atoms with van der Waals surface area (Å²) in [4.78, 5) is 78.4. The Morgan fingerprint density at radius 3 is 1.40 bits per heavy atom. The predicted octanol–water partition coefficient (Wildman–Crippen LogP) is -4.07. The number of esters is 1. The first kappa shape index (κ1) is 68.1. The molecule has 24 heteroatoms. The maximum Gasteiger partial charge on any atom is 1.00 e. The van der Waals surface area contributed by atoms with Gasteiger partial charge >= 0.3 is 178 Å². The third kappa shape index (κ3) is 29.0. The molecule has 4 aromatic carbocycles. The zero-order valence-corrected chi connectivity index (χ0v) is 48.3. The third-order valence-corrected chi connectivity index (χ3v) is 6.78. The van der Waals surface area contributed by atoms with E-state index in [2.05, 4.69) is 15.5 Å². The zero-order chi connectivity index (χ0) is 44.8. The molecule has 0 aliphatic rings. The van der Waals surface area contributed by atoms with Gasteiger partial charge in [-0.2, -0.15) is 0 Å². The van der Waals surface area contributed by atoms with Crippen molar-refractivity contribution in [3.05, 3.63) is 140 Å². The normalized spacial score (nSPS) is 9.52. The van der Waals surface area contributed by atoms with Crippen LogP contribution in [0.1, 0.15) is 74.8 Å². The van der Waals surface area contributed by atoms with Crippen LogP contribution in [0.5, 0.6) is 0 Å². The molecule has 0 atom stereocenters. The van der Waals surface area contributed by atoms with Gasteiger partial charge in [0, 0.05) is 17.7 Å². The molecule has 0 heterocycles. The van der Waals surface area contributed by atoms with E-state index < -0.39 is 45.2 Å². The molecular weight excluding hydrogens is 1040 g/mol. The fourth-order valence-corrected chi connectivity index (χ4v) is 4.44. The van der Waals surface area contributed by atoms with Crippen LogP contribution in [0.2, 0.25) is 0 Å². The first-order valence-corrected chi connectivity index (χ1v) is 17.5. The molecule has 0 saturated carbocycles. The summed E-state index contributed by atoms with van der Waals surface area (Å²) in [5.74, 6) is -1.64. The van der Waals surface area contributed by atoms with Crippen molar-refractivity contribution in [3.8, 4) is 0 Å². The number of nitro groups is 2. The SMILES string of the molecule is CC(C)(C)OC(=O)Nc1ccccc1C(=O)O.CC(C)(C)OC(=O)Nc1ccccc1C(=O)OCc1ccccc1[N+](=O)[O-].O=CO[O-].O=[N+]([O-])c1ccccc1CCl.[H-].[I-].[K+].[K+].[K+]. The van der Waals surface area contributed by atoms with Crippen LogP contribution in [0.15, 0.2) is 97.1 Å². The number of nitrogens with one attached hydrogen (secondary N) is 2. The van der Waals surface area contributed by atoms with Crippen LogP contribution in [-0.4, -0.2) is 56.8 Å². The first-order valence-electron chi connectivity index (χ1n) is 16.9. The second kappa shape index (κ2) is 35.7. The fraction of sp³-hybridized carbons (Fsp3) is 0.256. The van der Waals surface area contributed by atoms with Crippen molar-refractivity contribution in [1.29, 1.82) is 0 Å². The molecule has 4 rings (SSSR count). The van der Waals surface area contributed by atoms with Gasteiger partial charge < -0.3 is 54.9 Å². The van der Waals surface area contributed by atoms with E-state index in [1.807, 2.05) is 0 Å². The molecule has 0 aromatic heterocycles. The van der Waals surface area contributed by atoms with Crippen molar-refractivity contribution in [1.82, 2.24) is 0 Å². The Kier molecular flexibility index (Phi) is 38.6. The number of nitrogens with zero attached hydrogens (tertiary/aromatic N) is 2. The number of aromatic carboxylic acids is 1. The summed E-state index contributed by atoms with van der Waals surface area (Å²) in [5.41, 5.74) is 0.0445. The Balaban J connectivity index is -0.000000271. The van der Waals surface area contributed by atoms with E-state index in [1.54, 1.807) is 90.1 Å². The monoisotopic (exact) mass is 1090 g/mol. The van der Waals surface area contributed by atoms with Gasteiger partial charge in [0.05, 0.1) is 43.8 Å². The number of nitro benzene ring substituents is 2. The maximum absolute atomic E-state index is 12.4. The van der Waals surface area contributed by atoms with E-state index in [0.717, 1.165) is 0 Å².